The van der Waals surface area contributed by atoms with E-state index < -0.39 is 0 Å². The number of aromatic nitrogens is 1. The van der Waals surface area contributed by atoms with Crippen LogP contribution >= 0.6 is 11.3 Å². The van der Waals surface area contributed by atoms with Crippen LogP contribution in [-0.4, -0.2) is 35.3 Å². The van der Waals surface area contributed by atoms with Crippen LogP contribution in [0.3, 0.4) is 0 Å². The summed E-state index contributed by atoms with van der Waals surface area (Å²) in [6, 6.07) is 7.92. The van der Waals surface area contributed by atoms with Crippen molar-refractivity contribution in [1.82, 2.24) is 15.2 Å². The minimum Gasteiger partial charge on any atom is -0.347 e. The minimum absolute atomic E-state index is 0.00534. The molecule has 1 saturated carbocycles. The fraction of sp³-hybridized carbons (Fsp3) is 0.438. The van der Waals surface area contributed by atoms with Crippen molar-refractivity contribution in [2.75, 3.05) is 13.6 Å². The van der Waals surface area contributed by atoms with Gasteiger partial charge in [0.1, 0.15) is 5.01 Å². The fourth-order valence-corrected chi connectivity index (χ4v) is 3.42. The highest BCUT2D eigenvalue weighted by molar-refractivity contribution is 7.18. The third-order valence-electron chi connectivity index (χ3n) is 4.00. The first-order valence-corrected chi connectivity index (χ1v) is 8.22. The lowest BCUT2D eigenvalue weighted by molar-refractivity contribution is -0.132. The van der Waals surface area contributed by atoms with Crippen molar-refractivity contribution in [3.05, 3.63) is 29.3 Å². The van der Waals surface area contributed by atoms with Gasteiger partial charge in [-0.1, -0.05) is 19.1 Å². The minimum atomic E-state index is -0.0964. The Bertz CT molecular complexity index is 679. The first-order chi connectivity index (χ1) is 10.5. The highest BCUT2D eigenvalue weighted by Crippen LogP contribution is 2.37. The Morgan fingerprint density at radius 1 is 1.41 bits per heavy atom. The summed E-state index contributed by atoms with van der Waals surface area (Å²) in [7, 11) is 1.74. The topological polar surface area (TPSA) is 62.3 Å². The predicted molar refractivity (Wildman–Crippen MR) is 86.4 cm³/mol. The molecule has 1 N–H and O–H groups in total. The van der Waals surface area contributed by atoms with E-state index >= 15 is 0 Å². The standard InChI is InChI=1S/C16H19N3O2S/c1-10-7-11(10)16(21)17-8-15(20)19(2)9-14-18-12-5-3-4-6-13(12)22-14/h3-6,10-11H,7-9H2,1-2H3,(H,17,21)/t10-,11+/m1/s1. The van der Waals surface area contributed by atoms with Gasteiger partial charge in [-0.3, -0.25) is 9.59 Å². The Hall–Kier alpha value is -1.95. The third kappa shape index (κ3) is 3.27. The molecule has 0 bridgehead atoms. The Labute approximate surface area is 133 Å². The van der Waals surface area contributed by atoms with E-state index in [1.807, 2.05) is 31.2 Å². The van der Waals surface area contributed by atoms with E-state index in [0.717, 1.165) is 21.6 Å². The van der Waals surface area contributed by atoms with E-state index in [2.05, 4.69) is 10.3 Å². The average molecular weight is 317 g/mol. The van der Waals surface area contributed by atoms with Crippen LogP contribution in [0.25, 0.3) is 10.2 Å². The van der Waals surface area contributed by atoms with Crippen molar-refractivity contribution in [3.63, 3.8) is 0 Å². The summed E-state index contributed by atoms with van der Waals surface area (Å²) < 4.78 is 1.12. The summed E-state index contributed by atoms with van der Waals surface area (Å²) in [5.74, 6) is 0.452. The number of carbonyl (C=O) groups is 2. The molecule has 1 aliphatic carbocycles. The fourth-order valence-electron chi connectivity index (χ4n) is 2.39. The van der Waals surface area contributed by atoms with Gasteiger partial charge < -0.3 is 10.2 Å². The lowest BCUT2D eigenvalue weighted by atomic mass is 10.3. The summed E-state index contributed by atoms with van der Waals surface area (Å²) in [6.07, 6.45) is 0.932. The van der Waals surface area contributed by atoms with E-state index in [-0.39, 0.29) is 24.3 Å². The molecule has 5 nitrogen and oxygen atoms in total. The summed E-state index contributed by atoms with van der Waals surface area (Å²) in [5, 5.41) is 3.62. The highest BCUT2D eigenvalue weighted by atomic mass is 32.1. The van der Waals surface area contributed by atoms with Crippen LogP contribution in [0.2, 0.25) is 0 Å². The molecule has 0 spiro atoms. The second kappa shape index (κ2) is 6.04. The molecule has 0 saturated heterocycles. The third-order valence-corrected chi connectivity index (χ3v) is 5.02. The molecule has 1 aliphatic rings. The molecular weight excluding hydrogens is 298 g/mol. The van der Waals surface area contributed by atoms with Crippen LogP contribution < -0.4 is 5.32 Å². The lowest BCUT2D eigenvalue weighted by Crippen LogP contribution is -2.38. The normalized spacial score (nSPS) is 19.9. The Balaban J connectivity index is 1.53. The van der Waals surface area contributed by atoms with Gasteiger partial charge in [0.05, 0.1) is 23.3 Å². The molecule has 0 aliphatic heterocycles. The molecule has 0 radical (unpaired) electrons. The zero-order valence-electron chi connectivity index (χ0n) is 12.7. The van der Waals surface area contributed by atoms with Crippen molar-refractivity contribution in [2.45, 2.75) is 19.9 Å². The number of likely N-dealkylation sites (N-methyl/N-ethyl adjacent to an activating group) is 1. The second-order valence-electron chi connectivity index (χ2n) is 5.86. The van der Waals surface area contributed by atoms with Gasteiger partial charge in [0.25, 0.3) is 0 Å². The van der Waals surface area contributed by atoms with Gasteiger partial charge in [0, 0.05) is 13.0 Å². The number of rotatable bonds is 5. The Kier molecular flexibility index (Phi) is 4.11. The molecule has 2 amide bonds. The summed E-state index contributed by atoms with van der Waals surface area (Å²) >= 11 is 1.59. The van der Waals surface area contributed by atoms with E-state index in [9.17, 15) is 9.59 Å². The van der Waals surface area contributed by atoms with Gasteiger partial charge in [-0.25, -0.2) is 4.98 Å². The van der Waals surface area contributed by atoms with Gasteiger partial charge in [0.15, 0.2) is 0 Å². The van der Waals surface area contributed by atoms with Gasteiger partial charge in [-0.2, -0.15) is 0 Å². The molecule has 1 fully saturated rings. The van der Waals surface area contributed by atoms with Gasteiger partial charge in [0.2, 0.25) is 11.8 Å². The van der Waals surface area contributed by atoms with E-state index in [4.69, 9.17) is 0 Å². The molecule has 22 heavy (non-hydrogen) atoms. The second-order valence-corrected chi connectivity index (χ2v) is 6.98. The zero-order chi connectivity index (χ0) is 15.7. The SMILES string of the molecule is C[C@@H]1C[C@@H]1C(=O)NCC(=O)N(C)Cc1nc2ccccc2s1. The van der Waals surface area contributed by atoms with Crippen molar-refractivity contribution in [2.24, 2.45) is 11.8 Å². The number of hydrogen-bond acceptors (Lipinski definition) is 4. The molecule has 2 atom stereocenters. The first kappa shape index (κ1) is 15.0. The lowest BCUT2D eigenvalue weighted by Gasteiger charge is -2.16. The quantitative estimate of drug-likeness (QED) is 0.918. The number of nitrogens with zero attached hydrogens (tertiary/aromatic N) is 2. The molecule has 6 heteroatoms. The van der Waals surface area contributed by atoms with Gasteiger partial charge in [-0.05, 0) is 24.5 Å². The highest BCUT2D eigenvalue weighted by Gasteiger charge is 2.39. The number of para-hydroxylation sites is 1. The van der Waals surface area contributed by atoms with Crippen LogP contribution in [-0.2, 0) is 16.1 Å². The molecule has 1 heterocycles. The Morgan fingerprint density at radius 3 is 2.82 bits per heavy atom. The van der Waals surface area contributed by atoms with Crippen LogP contribution in [0.15, 0.2) is 24.3 Å². The zero-order valence-corrected chi connectivity index (χ0v) is 13.5. The largest absolute Gasteiger partial charge is 0.347 e. The van der Waals surface area contributed by atoms with E-state index in [0.29, 0.717) is 12.5 Å². The molecular formula is C16H19N3O2S. The molecule has 2 aromatic rings. The van der Waals surface area contributed by atoms with Crippen molar-refractivity contribution < 1.29 is 9.59 Å². The molecule has 0 unspecified atom stereocenters. The monoisotopic (exact) mass is 317 g/mol. The number of fused-ring (bicyclic) bond motifs is 1. The maximum Gasteiger partial charge on any atom is 0.242 e. The van der Waals surface area contributed by atoms with Crippen molar-refractivity contribution >= 4 is 33.4 Å². The van der Waals surface area contributed by atoms with E-state index in [1.54, 1.807) is 23.3 Å². The van der Waals surface area contributed by atoms with Gasteiger partial charge >= 0.3 is 0 Å². The average Bonchev–Trinajstić information content (AvgIpc) is 3.09. The number of amides is 2. The Morgan fingerprint density at radius 2 is 2.14 bits per heavy atom. The smallest absolute Gasteiger partial charge is 0.242 e. The van der Waals surface area contributed by atoms with E-state index in [1.165, 1.54) is 0 Å². The summed E-state index contributed by atoms with van der Waals surface area (Å²) in [6.45, 7) is 2.57. The van der Waals surface area contributed by atoms with Crippen molar-refractivity contribution in [3.8, 4) is 0 Å². The van der Waals surface area contributed by atoms with Crippen LogP contribution in [0.5, 0.6) is 0 Å². The maximum atomic E-state index is 12.1. The van der Waals surface area contributed by atoms with Crippen LogP contribution in [0.4, 0.5) is 0 Å². The number of nitrogens with one attached hydrogen (secondary N) is 1. The number of thiazole rings is 1. The molecule has 116 valence electrons. The van der Waals surface area contributed by atoms with Crippen molar-refractivity contribution in [1.29, 1.82) is 0 Å². The maximum absolute atomic E-state index is 12.1. The predicted octanol–water partition coefficient (Wildman–Crippen LogP) is 2.03. The number of carbonyl (C=O) groups excluding carboxylic acids is 2. The summed E-state index contributed by atoms with van der Waals surface area (Å²) in [4.78, 5) is 29.9. The molecule has 1 aromatic heterocycles. The van der Waals surface area contributed by atoms with Crippen LogP contribution in [0, 0.1) is 11.8 Å². The number of hydrogen-bond donors (Lipinski definition) is 1. The summed E-state index contributed by atoms with van der Waals surface area (Å²) in [5.41, 5.74) is 0.958. The molecule has 3 rings (SSSR count). The van der Waals surface area contributed by atoms with Crippen LogP contribution in [0.1, 0.15) is 18.4 Å². The first-order valence-electron chi connectivity index (χ1n) is 7.40. The molecule has 1 aromatic carbocycles. The number of benzene rings is 1. The van der Waals surface area contributed by atoms with Gasteiger partial charge in [-0.15, -0.1) is 11.3 Å².